The second-order valence-electron chi connectivity index (χ2n) is 15.9. The van der Waals surface area contributed by atoms with Gasteiger partial charge in [0.25, 0.3) is 5.91 Å². The molecule has 3 aromatic carbocycles. The van der Waals surface area contributed by atoms with Gasteiger partial charge in [-0.25, -0.2) is 14.8 Å². The number of aromatic nitrogens is 5. The van der Waals surface area contributed by atoms with Crippen molar-refractivity contribution in [2.24, 2.45) is 0 Å². The summed E-state index contributed by atoms with van der Waals surface area (Å²) >= 11 is 0. The third kappa shape index (κ3) is 16.2. The van der Waals surface area contributed by atoms with Crippen molar-refractivity contribution in [1.82, 2.24) is 45.4 Å². The Morgan fingerprint density at radius 2 is 1.29 bits per heavy atom. The fourth-order valence-electron chi connectivity index (χ4n) is 7.53. The number of nitrogens with one attached hydrogen (secondary N) is 4. The number of aldehydes is 1. The molecule has 0 bridgehead atoms. The Morgan fingerprint density at radius 3 is 1.78 bits per heavy atom. The third-order valence-corrected chi connectivity index (χ3v) is 10.5. The number of benzene rings is 3. The molecular formula is C56H69N9O7. The number of carbonyl (C=O) groups is 4. The molecule has 0 fully saturated rings. The number of aromatic amines is 2. The van der Waals surface area contributed by atoms with Crippen molar-refractivity contribution in [2.45, 2.75) is 93.2 Å². The number of imidazole rings is 2. The standard InChI is InChI=1S/C33H39N7O5.C14H12N2O2.C3H8.C2H6.2C2H2/c1-5-7-39(3)16-28-34-13-24(37-28)20-9-22-18-45-27-12-21(10-23-19-44-26(11-20)31(22)32(23)27)25-14-35-29(38-25)17-40(8-6-2)30(41)15-36-33(42)43-4;17-10-13(11-6-2-1-3-7-11)16-14(18)12-8-4-5-9-15-12;1-3-2;3*1-2/h9-14H,5-8,15-19H2,1-4H3,(H,34,37)(H,35,38)(H,36,42);1-10,13H,(H,16,18);3H2,1-2H3;1-2H3;2*1-2H/t;13-;;;;/m.0..../s1. The SMILES string of the molecule is C#C.C#C.CC.CCC.CCCN(C)Cc1ncc(-c2cc3c4c(c2)OCc2cc(-c5cnc(CN(CCC)C(=O)CNC(=O)OC)[nH]5)cc(c2-4)OC3)[nH]1.O=C[C@H](NC(=O)c1ccccn1)c1ccccc1. The Bertz CT molecular complexity index is 2600. The monoisotopic (exact) mass is 980 g/mol. The van der Waals surface area contributed by atoms with E-state index < -0.39 is 12.1 Å². The molecule has 3 amide bonds. The van der Waals surface area contributed by atoms with E-state index in [1.807, 2.05) is 51.2 Å². The highest BCUT2D eigenvalue weighted by atomic mass is 16.5. The van der Waals surface area contributed by atoms with Gasteiger partial charge in [0, 0.05) is 46.1 Å². The van der Waals surface area contributed by atoms with Crippen LogP contribution in [0.15, 0.2) is 91.4 Å². The number of amides is 3. The number of methoxy groups -OCH3 is 1. The summed E-state index contributed by atoms with van der Waals surface area (Å²) in [5.74, 6) is 2.66. The molecule has 0 saturated heterocycles. The summed E-state index contributed by atoms with van der Waals surface area (Å²) in [6.07, 6.45) is 24.4. The van der Waals surface area contributed by atoms with Crippen molar-refractivity contribution < 1.29 is 33.4 Å². The van der Waals surface area contributed by atoms with Crippen LogP contribution in [0.3, 0.4) is 0 Å². The number of terminal acetylenes is 2. The van der Waals surface area contributed by atoms with Crippen LogP contribution in [0.2, 0.25) is 0 Å². The van der Waals surface area contributed by atoms with E-state index in [9.17, 15) is 19.2 Å². The Kier molecular flexibility index (Phi) is 25.1. The van der Waals surface area contributed by atoms with Gasteiger partial charge in [0.05, 0.1) is 44.0 Å². The Balaban J connectivity index is 0.000000421. The molecule has 5 heterocycles. The molecule has 72 heavy (non-hydrogen) atoms. The summed E-state index contributed by atoms with van der Waals surface area (Å²) < 4.78 is 17.2. The first-order chi connectivity index (χ1) is 35.1. The van der Waals surface area contributed by atoms with Crippen LogP contribution in [0.1, 0.15) is 106 Å². The third-order valence-electron chi connectivity index (χ3n) is 10.5. The van der Waals surface area contributed by atoms with Crippen molar-refractivity contribution in [3.05, 3.63) is 125 Å². The van der Waals surface area contributed by atoms with Gasteiger partial charge in [-0.2, -0.15) is 0 Å². The first-order valence-corrected chi connectivity index (χ1v) is 23.9. The van der Waals surface area contributed by atoms with Crippen LogP contribution in [0.5, 0.6) is 11.5 Å². The molecule has 4 N–H and O–H groups in total. The second kappa shape index (κ2) is 31.1. The zero-order chi connectivity index (χ0) is 53.0. The van der Waals surface area contributed by atoms with Gasteiger partial charge in [0.15, 0.2) is 0 Å². The fraction of sp³-hybridized carbons (Fsp3) is 0.339. The van der Waals surface area contributed by atoms with Crippen molar-refractivity contribution in [3.63, 3.8) is 0 Å². The lowest BCUT2D eigenvalue weighted by Gasteiger charge is -2.30. The van der Waals surface area contributed by atoms with Gasteiger partial charge in [-0.1, -0.05) is 84.4 Å². The number of pyridine rings is 1. The lowest BCUT2D eigenvalue weighted by atomic mass is 9.87. The van der Waals surface area contributed by atoms with E-state index in [0.29, 0.717) is 44.1 Å². The van der Waals surface area contributed by atoms with E-state index in [0.717, 1.165) is 93.6 Å². The van der Waals surface area contributed by atoms with Crippen LogP contribution in [0, 0.1) is 25.7 Å². The lowest BCUT2D eigenvalue weighted by molar-refractivity contribution is -0.130. The van der Waals surface area contributed by atoms with Crippen LogP contribution in [0.25, 0.3) is 33.6 Å². The normalized spacial score (nSPS) is 11.2. The van der Waals surface area contributed by atoms with Gasteiger partial charge in [-0.3, -0.25) is 19.5 Å². The number of hydrogen-bond acceptors (Lipinski definition) is 11. The number of rotatable bonds is 16. The minimum Gasteiger partial charge on any atom is -0.488 e. The van der Waals surface area contributed by atoms with Crippen molar-refractivity contribution >= 4 is 24.2 Å². The predicted molar refractivity (Wildman–Crippen MR) is 282 cm³/mol. The summed E-state index contributed by atoms with van der Waals surface area (Å²) in [6, 6.07) is 21.8. The van der Waals surface area contributed by atoms with Gasteiger partial charge < -0.3 is 44.5 Å². The van der Waals surface area contributed by atoms with Crippen LogP contribution >= 0.6 is 0 Å². The topological polar surface area (TPSA) is 197 Å². The molecule has 380 valence electrons. The number of hydrogen-bond donors (Lipinski definition) is 4. The summed E-state index contributed by atoms with van der Waals surface area (Å²) in [6.45, 7) is 15.7. The highest BCUT2D eigenvalue weighted by Gasteiger charge is 2.30. The average molecular weight is 980 g/mol. The Labute approximate surface area is 424 Å². The maximum Gasteiger partial charge on any atom is 0.407 e. The van der Waals surface area contributed by atoms with Gasteiger partial charge in [0.2, 0.25) is 5.91 Å². The van der Waals surface area contributed by atoms with Gasteiger partial charge in [-0.05, 0) is 68.4 Å². The summed E-state index contributed by atoms with van der Waals surface area (Å²) in [7, 11) is 3.37. The first kappa shape index (κ1) is 58.1. The minimum absolute atomic E-state index is 0.143. The number of alkyl carbamates (subject to hydrolysis) is 1. The highest BCUT2D eigenvalue weighted by Crippen LogP contribution is 2.50. The molecule has 0 unspecified atom stereocenters. The molecule has 0 aliphatic carbocycles. The van der Waals surface area contributed by atoms with Gasteiger partial charge in [0.1, 0.15) is 60.9 Å². The molecule has 1 atom stereocenters. The van der Waals surface area contributed by atoms with E-state index in [1.165, 1.54) is 19.7 Å². The van der Waals surface area contributed by atoms with E-state index in [-0.39, 0.29) is 18.4 Å². The second-order valence-corrected chi connectivity index (χ2v) is 15.9. The molecule has 16 heteroatoms. The van der Waals surface area contributed by atoms with E-state index in [4.69, 9.17) is 9.47 Å². The number of carbonyl (C=O) groups excluding carboxylic acids is 4. The molecule has 0 spiro atoms. The molecule has 6 aromatic rings. The van der Waals surface area contributed by atoms with Crippen LogP contribution in [-0.2, 0) is 40.6 Å². The Hall–Kier alpha value is -8.21. The van der Waals surface area contributed by atoms with E-state index in [1.54, 1.807) is 41.4 Å². The minimum atomic E-state index is -0.652. The zero-order valence-corrected chi connectivity index (χ0v) is 42.8. The largest absolute Gasteiger partial charge is 0.488 e. The van der Waals surface area contributed by atoms with Crippen molar-refractivity contribution in [3.8, 4) is 70.8 Å². The molecule has 2 aliphatic heterocycles. The number of ether oxygens (including phenoxy) is 3. The predicted octanol–water partition coefficient (Wildman–Crippen LogP) is 9.55. The van der Waals surface area contributed by atoms with Gasteiger partial charge in [-0.15, -0.1) is 25.7 Å². The highest BCUT2D eigenvalue weighted by molar-refractivity contribution is 5.94. The number of H-pyrrole nitrogens is 2. The quantitative estimate of drug-likeness (QED) is 0.0533. The summed E-state index contributed by atoms with van der Waals surface area (Å²) in [4.78, 5) is 70.9. The lowest BCUT2D eigenvalue weighted by Crippen LogP contribution is -2.40. The smallest absolute Gasteiger partial charge is 0.407 e. The van der Waals surface area contributed by atoms with E-state index >= 15 is 0 Å². The molecule has 16 nitrogen and oxygen atoms in total. The zero-order valence-electron chi connectivity index (χ0n) is 42.8. The van der Waals surface area contributed by atoms with Crippen LogP contribution in [-0.4, -0.2) is 92.7 Å². The summed E-state index contributed by atoms with van der Waals surface area (Å²) in [5, 5.41) is 5.08. The van der Waals surface area contributed by atoms with Crippen molar-refractivity contribution in [1.29, 1.82) is 0 Å². The molecule has 0 radical (unpaired) electrons. The van der Waals surface area contributed by atoms with E-state index in [2.05, 4.69) is 117 Å². The number of nitrogens with zero attached hydrogens (tertiary/aromatic N) is 5. The molecule has 0 saturated carbocycles. The Morgan fingerprint density at radius 1 is 0.764 bits per heavy atom. The van der Waals surface area contributed by atoms with Crippen molar-refractivity contribution in [2.75, 3.05) is 33.8 Å². The maximum atomic E-state index is 12.7. The maximum absolute atomic E-state index is 12.7. The molecular weight excluding hydrogens is 911 g/mol. The van der Waals surface area contributed by atoms with Crippen LogP contribution in [0.4, 0.5) is 4.79 Å². The fourth-order valence-corrected chi connectivity index (χ4v) is 7.53. The molecule has 3 aromatic heterocycles. The molecule has 2 aliphatic rings. The van der Waals surface area contributed by atoms with Crippen LogP contribution < -0.4 is 20.1 Å². The average Bonchev–Trinajstić information content (AvgIpc) is 4.11. The molecule has 8 rings (SSSR count). The van der Waals surface area contributed by atoms with Gasteiger partial charge >= 0.3 is 6.09 Å². The summed E-state index contributed by atoms with van der Waals surface area (Å²) in [5.41, 5.74) is 9.02. The first-order valence-electron chi connectivity index (χ1n) is 23.9.